The fourth-order valence-corrected chi connectivity index (χ4v) is 4.75. The van der Waals surface area contributed by atoms with Crippen LogP contribution in [0.15, 0.2) is 21.6 Å². The van der Waals surface area contributed by atoms with Gasteiger partial charge >= 0.3 is 0 Å². The molecule has 0 amide bonds. The highest BCUT2D eigenvalue weighted by Crippen LogP contribution is 2.48. The summed E-state index contributed by atoms with van der Waals surface area (Å²) in [6.07, 6.45) is 4.54. The molecule has 1 saturated carbocycles. The van der Waals surface area contributed by atoms with Crippen LogP contribution in [0.5, 0.6) is 5.88 Å². The first-order valence-corrected chi connectivity index (χ1v) is 10.3. The van der Waals surface area contributed by atoms with Gasteiger partial charge in [0.2, 0.25) is 15.7 Å². The second-order valence-electron chi connectivity index (χ2n) is 6.79. The van der Waals surface area contributed by atoms with Crippen LogP contribution in [0.2, 0.25) is 0 Å². The molecule has 1 aromatic heterocycles. The summed E-state index contributed by atoms with van der Waals surface area (Å²) in [5, 5.41) is 0. The molecule has 4 rings (SSSR count). The van der Waals surface area contributed by atoms with Gasteiger partial charge in [0, 0.05) is 25.8 Å². The fraction of sp³-hybridized carbons (Fsp3) is 0.625. The highest BCUT2D eigenvalue weighted by atomic mass is 32.3. The Balaban J connectivity index is 1.61. The van der Waals surface area contributed by atoms with Crippen LogP contribution >= 0.6 is 0 Å². The first-order valence-electron chi connectivity index (χ1n) is 8.48. The Kier molecular flexibility index (Phi) is 3.97. The van der Waals surface area contributed by atoms with Crippen molar-refractivity contribution in [2.45, 2.75) is 30.3 Å². The molecule has 3 heterocycles. The van der Waals surface area contributed by atoms with Gasteiger partial charge in [-0.15, -0.1) is 0 Å². The second kappa shape index (κ2) is 5.82. The van der Waals surface area contributed by atoms with Crippen LogP contribution in [0, 0.1) is 6.92 Å². The molecule has 0 radical (unpaired) electrons. The van der Waals surface area contributed by atoms with E-state index in [4.69, 9.17) is 13.7 Å². The molecule has 9 heteroatoms. The summed E-state index contributed by atoms with van der Waals surface area (Å²) in [7, 11) is -4.90. The monoisotopic (exact) mass is 369 g/mol. The molecule has 8 nitrogen and oxygen atoms in total. The molecular formula is C16H23N3O5S. The topological polar surface area (TPSA) is 93.5 Å². The summed E-state index contributed by atoms with van der Waals surface area (Å²) in [5.74, 6) is 0.131. The quantitative estimate of drug-likeness (QED) is 0.853. The van der Waals surface area contributed by atoms with E-state index in [2.05, 4.69) is 14.3 Å². The van der Waals surface area contributed by atoms with Crippen molar-refractivity contribution in [3.05, 3.63) is 17.8 Å². The molecule has 0 atom stereocenters. The van der Waals surface area contributed by atoms with Gasteiger partial charge in [-0.25, -0.2) is 9.19 Å². The van der Waals surface area contributed by atoms with Crippen molar-refractivity contribution in [2.24, 2.45) is 4.40 Å². The zero-order valence-electron chi connectivity index (χ0n) is 14.2. The van der Waals surface area contributed by atoms with Gasteiger partial charge in [0.05, 0.1) is 26.0 Å². The van der Waals surface area contributed by atoms with Crippen molar-refractivity contribution in [1.29, 1.82) is 0 Å². The van der Waals surface area contributed by atoms with Crippen molar-refractivity contribution >= 4 is 16.0 Å². The average Bonchev–Trinajstić information content (AvgIpc) is 3.37. The summed E-state index contributed by atoms with van der Waals surface area (Å²) in [6.45, 7) is 5.32. The molecule has 0 bridgehead atoms. The van der Waals surface area contributed by atoms with E-state index < -0.39 is 15.4 Å². The Bertz CT molecular complexity index is 773. The average molecular weight is 369 g/mol. The van der Waals surface area contributed by atoms with Gasteiger partial charge < -0.3 is 9.47 Å². The van der Waals surface area contributed by atoms with Gasteiger partial charge in [0.1, 0.15) is 10.5 Å². The first-order chi connectivity index (χ1) is 11.9. The minimum atomic E-state index is -4.90. The van der Waals surface area contributed by atoms with Crippen LogP contribution in [-0.4, -0.2) is 69.9 Å². The lowest BCUT2D eigenvalue weighted by molar-refractivity contribution is 0.0317. The van der Waals surface area contributed by atoms with Gasteiger partial charge in [0.25, 0.3) is 0 Å². The van der Waals surface area contributed by atoms with Crippen molar-refractivity contribution in [1.82, 2.24) is 9.88 Å². The maximum absolute atomic E-state index is 13.5. The van der Waals surface area contributed by atoms with Crippen LogP contribution in [0.25, 0.3) is 0 Å². The number of ether oxygens (including phenoxy) is 2. The SMILES string of the molecule is Cc1cnc2c(c1)S(=O)(O)(OCCN1CCOCC1)N=CC1(CC1)O2. The Morgan fingerprint density at radius 2 is 2.16 bits per heavy atom. The highest BCUT2D eigenvalue weighted by Gasteiger charge is 2.52. The van der Waals surface area contributed by atoms with E-state index in [1.807, 2.05) is 0 Å². The molecule has 1 spiro atoms. The molecular weight excluding hydrogens is 346 g/mol. The van der Waals surface area contributed by atoms with Crippen molar-refractivity contribution < 1.29 is 22.4 Å². The zero-order chi connectivity index (χ0) is 17.6. The number of aryl methyl sites for hydroxylation is 1. The van der Waals surface area contributed by atoms with Crippen LogP contribution in [-0.2, 0) is 18.7 Å². The number of fused-ring (bicyclic) bond motifs is 1. The largest absolute Gasteiger partial charge is 0.464 e. The molecule has 2 fully saturated rings. The van der Waals surface area contributed by atoms with E-state index in [0.717, 1.165) is 31.5 Å². The Morgan fingerprint density at radius 3 is 2.88 bits per heavy atom. The van der Waals surface area contributed by atoms with E-state index in [1.54, 1.807) is 19.2 Å². The Hall–Kier alpha value is -1.39. The van der Waals surface area contributed by atoms with Crippen LogP contribution in [0.4, 0.5) is 0 Å². The lowest BCUT2D eigenvalue weighted by Gasteiger charge is -2.33. The Morgan fingerprint density at radius 1 is 1.40 bits per heavy atom. The normalized spacial score (nSPS) is 27.5. The van der Waals surface area contributed by atoms with Gasteiger partial charge in [0.15, 0.2) is 0 Å². The standard InChI is InChI=1S/C16H23N3O5S/c1-13-10-14-15(17-11-13)24-16(2-3-16)12-18-25(14,20,21)23-9-6-19-4-7-22-8-5-19/h10-12H,2-9H2,1H3,(H,20,21). The summed E-state index contributed by atoms with van der Waals surface area (Å²) in [4.78, 5) is 6.36. The molecule has 3 aliphatic rings. The third kappa shape index (κ3) is 3.34. The molecule has 1 aromatic rings. The van der Waals surface area contributed by atoms with E-state index in [-0.39, 0.29) is 17.4 Å². The summed E-state index contributed by atoms with van der Waals surface area (Å²) in [6, 6.07) is 1.57. The number of pyridine rings is 1. The van der Waals surface area contributed by atoms with E-state index in [0.29, 0.717) is 19.8 Å². The summed E-state index contributed by atoms with van der Waals surface area (Å²) >= 11 is 0. The fourth-order valence-electron chi connectivity index (χ4n) is 2.91. The van der Waals surface area contributed by atoms with Crippen molar-refractivity contribution in [2.75, 3.05) is 39.5 Å². The van der Waals surface area contributed by atoms with Crippen LogP contribution < -0.4 is 4.74 Å². The lowest BCUT2D eigenvalue weighted by Crippen LogP contribution is -2.41. The van der Waals surface area contributed by atoms with E-state index >= 15 is 0 Å². The molecule has 0 aromatic carbocycles. The molecule has 1 N–H and O–H groups in total. The summed E-state index contributed by atoms with van der Waals surface area (Å²) < 4.78 is 45.3. The number of hydrogen-bond acceptors (Lipinski definition) is 6. The van der Waals surface area contributed by atoms with Crippen molar-refractivity contribution in [3.8, 4) is 5.88 Å². The predicted octanol–water partition coefficient (Wildman–Crippen LogP) is 1.22. The number of rotatable bonds is 4. The summed E-state index contributed by atoms with van der Waals surface area (Å²) in [5.41, 5.74) is 0.125. The number of hydrogen-bond donors (Lipinski definition) is 1. The lowest BCUT2D eigenvalue weighted by atomic mass is 10.3. The molecule has 1 saturated heterocycles. The number of nitrogens with zero attached hydrogens (tertiary/aromatic N) is 3. The minimum absolute atomic E-state index is 0.0130. The minimum Gasteiger partial charge on any atom is -0.464 e. The third-order valence-electron chi connectivity index (χ3n) is 4.65. The maximum atomic E-state index is 13.5. The second-order valence-corrected chi connectivity index (χ2v) is 9.27. The molecule has 25 heavy (non-hydrogen) atoms. The van der Waals surface area contributed by atoms with E-state index in [1.165, 1.54) is 6.21 Å². The predicted molar refractivity (Wildman–Crippen MR) is 92.3 cm³/mol. The highest BCUT2D eigenvalue weighted by molar-refractivity contribution is 8.10. The molecule has 138 valence electrons. The van der Waals surface area contributed by atoms with Gasteiger partial charge in [-0.1, -0.05) is 0 Å². The van der Waals surface area contributed by atoms with E-state index in [9.17, 15) is 8.76 Å². The third-order valence-corrected chi connectivity index (χ3v) is 6.77. The molecule has 1 aliphatic carbocycles. The maximum Gasteiger partial charge on any atom is 0.235 e. The van der Waals surface area contributed by atoms with Gasteiger partial charge in [-0.2, -0.15) is 4.40 Å². The van der Waals surface area contributed by atoms with Crippen molar-refractivity contribution in [3.63, 3.8) is 0 Å². The number of morpholine rings is 1. The van der Waals surface area contributed by atoms with Gasteiger partial charge in [-0.3, -0.25) is 13.6 Å². The molecule has 0 unspecified atom stereocenters. The van der Waals surface area contributed by atoms with Gasteiger partial charge in [-0.05, 0) is 31.4 Å². The van der Waals surface area contributed by atoms with Crippen LogP contribution in [0.1, 0.15) is 18.4 Å². The Labute approximate surface area is 146 Å². The molecule has 2 aliphatic heterocycles. The smallest absolute Gasteiger partial charge is 0.235 e. The zero-order valence-corrected chi connectivity index (χ0v) is 15.0. The number of aromatic nitrogens is 1. The first kappa shape index (κ1) is 17.0. The van der Waals surface area contributed by atoms with Crippen LogP contribution in [0.3, 0.4) is 0 Å².